The molecule has 0 spiro atoms. The molecule has 1 aromatic heterocycles. The van der Waals surface area contributed by atoms with E-state index in [0.29, 0.717) is 12.4 Å². The zero-order valence-corrected chi connectivity index (χ0v) is 17.5. The van der Waals surface area contributed by atoms with E-state index in [1.54, 1.807) is 54.7 Å². The van der Waals surface area contributed by atoms with Crippen molar-refractivity contribution in [3.8, 4) is 5.75 Å². The fourth-order valence-corrected chi connectivity index (χ4v) is 3.86. The Kier molecular flexibility index (Phi) is 7.19. The number of aryl methyl sites for hydroxylation is 1. The second kappa shape index (κ2) is 10.0. The Hall–Kier alpha value is -3.19. The highest BCUT2D eigenvalue weighted by atomic mass is 32.2. The molecular weight excluding hydrogens is 402 g/mol. The van der Waals surface area contributed by atoms with Crippen LogP contribution in [0.2, 0.25) is 0 Å². The number of carbonyl (C=O) groups excluding carboxylic acids is 1. The van der Waals surface area contributed by atoms with E-state index in [1.165, 1.54) is 0 Å². The number of ether oxygens (including phenoxy) is 2. The maximum Gasteiger partial charge on any atom is 0.307 e. The van der Waals surface area contributed by atoms with Gasteiger partial charge < -0.3 is 9.47 Å². The first-order valence-corrected chi connectivity index (χ1v) is 11.1. The molecule has 0 fully saturated rings. The molecule has 0 N–H and O–H groups in total. The van der Waals surface area contributed by atoms with Crippen LogP contribution >= 0.6 is 0 Å². The van der Waals surface area contributed by atoms with Gasteiger partial charge in [-0.1, -0.05) is 35.9 Å². The van der Waals surface area contributed by atoms with Crippen molar-refractivity contribution in [3.63, 3.8) is 0 Å². The van der Waals surface area contributed by atoms with Crippen molar-refractivity contribution in [2.45, 2.75) is 31.5 Å². The van der Waals surface area contributed by atoms with Gasteiger partial charge in [-0.15, -0.1) is 0 Å². The molecule has 0 amide bonds. The normalized spacial score (nSPS) is 11.1. The molecule has 1 heterocycles. The summed E-state index contributed by atoms with van der Waals surface area (Å²) in [6.45, 7) is 2.32. The zero-order valence-electron chi connectivity index (χ0n) is 16.7. The van der Waals surface area contributed by atoms with Gasteiger partial charge in [-0.2, -0.15) is 0 Å². The topological polar surface area (TPSA) is 82.6 Å². The highest BCUT2D eigenvalue weighted by molar-refractivity contribution is 7.91. The van der Waals surface area contributed by atoms with Crippen LogP contribution in [0.15, 0.2) is 77.8 Å². The molecule has 0 radical (unpaired) electrons. The number of pyridine rings is 1. The Labute approximate surface area is 176 Å². The number of sulfone groups is 1. The molecule has 0 aliphatic heterocycles. The summed E-state index contributed by atoms with van der Waals surface area (Å²) in [5, 5.41) is 0. The quantitative estimate of drug-likeness (QED) is 0.484. The van der Waals surface area contributed by atoms with Crippen molar-refractivity contribution in [1.82, 2.24) is 4.98 Å². The lowest BCUT2D eigenvalue weighted by Gasteiger charge is -2.08. The second-order valence-electron chi connectivity index (χ2n) is 6.80. The van der Waals surface area contributed by atoms with E-state index >= 15 is 0 Å². The van der Waals surface area contributed by atoms with Crippen LogP contribution in [0, 0.1) is 6.92 Å². The lowest BCUT2D eigenvalue weighted by molar-refractivity contribution is -0.144. The molecule has 2 aromatic carbocycles. The molecule has 0 aliphatic carbocycles. The molecule has 0 bridgehead atoms. The van der Waals surface area contributed by atoms with Crippen LogP contribution < -0.4 is 4.74 Å². The minimum atomic E-state index is -3.51. The van der Waals surface area contributed by atoms with Gasteiger partial charge in [0.15, 0.2) is 9.84 Å². The van der Waals surface area contributed by atoms with E-state index in [0.717, 1.165) is 16.8 Å². The van der Waals surface area contributed by atoms with E-state index < -0.39 is 15.8 Å². The van der Waals surface area contributed by atoms with E-state index in [9.17, 15) is 13.2 Å². The fourth-order valence-electron chi connectivity index (χ4n) is 2.64. The van der Waals surface area contributed by atoms with Gasteiger partial charge >= 0.3 is 5.97 Å². The van der Waals surface area contributed by atoms with Crippen LogP contribution in [0.5, 0.6) is 5.75 Å². The van der Waals surface area contributed by atoms with Crippen LogP contribution in [0.3, 0.4) is 0 Å². The average Bonchev–Trinajstić information content (AvgIpc) is 2.76. The van der Waals surface area contributed by atoms with Crippen molar-refractivity contribution in [3.05, 3.63) is 89.7 Å². The lowest BCUT2D eigenvalue weighted by atomic mass is 10.2. The summed E-state index contributed by atoms with van der Waals surface area (Å²) in [6.07, 6.45) is 1.52. The molecule has 6 nitrogen and oxygen atoms in total. The van der Waals surface area contributed by atoms with Crippen LogP contribution in [0.25, 0.3) is 0 Å². The largest absolute Gasteiger partial charge is 0.487 e. The summed E-state index contributed by atoms with van der Waals surface area (Å²) >= 11 is 0. The van der Waals surface area contributed by atoms with Gasteiger partial charge in [0.25, 0.3) is 0 Å². The van der Waals surface area contributed by atoms with Crippen molar-refractivity contribution < 1.29 is 22.7 Å². The molecule has 3 rings (SSSR count). The number of aromatic nitrogens is 1. The SMILES string of the molecule is Cc1ccc(S(=O)(=O)CCC(=O)OCc2ccc(OCc3ccccn3)cc2)cc1. The molecule has 0 saturated heterocycles. The predicted molar refractivity (Wildman–Crippen MR) is 113 cm³/mol. The van der Waals surface area contributed by atoms with Gasteiger partial charge in [0.05, 0.1) is 22.8 Å². The van der Waals surface area contributed by atoms with Gasteiger partial charge in [0.1, 0.15) is 19.0 Å². The minimum absolute atomic E-state index is 0.0733. The Morgan fingerprint density at radius 3 is 2.33 bits per heavy atom. The summed E-state index contributed by atoms with van der Waals surface area (Å²) in [6, 6.07) is 19.3. The maximum absolute atomic E-state index is 12.3. The van der Waals surface area contributed by atoms with Gasteiger partial charge in [0.2, 0.25) is 0 Å². The first kappa shape index (κ1) is 21.5. The molecule has 0 saturated carbocycles. The summed E-state index contributed by atoms with van der Waals surface area (Å²) < 4.78 is 35.4. The molecule has 7 heteroatoms. The molecule has 156 valence electrons. The van der Waals surface area contributed by atoms with Gasteiger partial charge in [-0.3, -0.25) is 9.78 Å². The molecule has 30 heavy (non-hydrogen) atoms. The summed E-state index contributed by atoms with van der Waals surface area (Å²) in [7, 11) is -3.51. The number of hydrogen-bond donors (Lipinski definition) is 0. The summed E-state index contributed by atoms with van der Waals surface area (Å²) in [5.74, 6) is -0.157. The second-order valence-corrected chi connectivity index (χ2v) is 8.91. The van der Waals surface area contributed by atoms with Crippen molar-refractivity contribution >= 4 is 15.8 Å². The summed E-state index contributed by atoms with van der Waals surface area (Å²) in [4.78, 5) is 16.4. The molecule has 0 aliphatic rings. The molecule has 3 aromatic rings. The van der Waals surface area contributed by atoms with E-state index in [1.807, 2.05) is 25.1 Å². The number of benzene rings is 2. The standard InChI is InChI=1S/C23H23NO5S/c1-18-5-11-22(12-6-18)30(26,27)15-13-23(25)29-16-19-7-9-21(10-8-19)28-17-20-4-2-3-14-24-20/h2-12,14H,13,15-17H2,1H3. The summed E-state index contributed by atoms with van der Waals surface area (Å²) in [5.41, 5.74) is 2.59. The first-order chi connectivity index (χ1) is 14.4. The third kappa shape index (κ3) is 6.42. The number of hydrogen-bond acceptors (Lipinski definition) is 6. The zero-order chi connectivity index (χ0) is 21.4. The highest BCUT2D eigenvalue weighted by Crippen LogP contribution is 2.16. The third-order valence-corrected chi connectivity index (χ3v) is 6.12. The minimum Gasteiger partial charge on any atom is -0.487 e. The van der Waals surface area contributed by atoms with Gasteiger partial charge in [0, 0.05) is 6.20 Å². The van der Waals surface area contributed by atoms with Crippen molar-refractivity contribution in [1.29, 1.82) is 0 Å². The van der Waals surface area contributed by atoms with Crippen molar-refractivity contribution in [2.24, 2.45) is 0 Å². The smallest absolute Gasteiger partial charge is 0.307 e. The van der Waals surface area contributed by atoms with Crippen LogP contribution in [0.1, 0.15) is 23.2 Å². The van der Waals surface area contributed by atoms with Crippen LogP contribution in [-0.2, 0) is 32.6 Å². The number of nitrogens with zero attached hydrogens (tertiary/aromatic N) is 1. The first-order valence-electron chi connectivity index (χ1n) is 9.49. The Morgan fingerprint density at radius 2 is 1.67 bits per heavy atom. The number of esters is 1. The molecule has 0 atom stereocenters. The monoisotopic (exact) mass is 425 g/mol. The van der Waals surface area contributed by atoms with Gasteiger partial charge in [-0.05, 0) is 48.9 Å². The average molecular weight is 426 g/mol. The van der Waals surface area contributed by atoms with E-state index in [2.05, 4.69) is 4.98 Å². The third-order valence-electron chi connectivity index (χ3n) is 4.39. The number of rotatable bonds is 9. The fraction of sp³-hybridized carbons (Fsp3) is 0.217. The Bertz CT molecular complexity index is 1060. The van der Waals surface area contributed by atoms with Crippen molar-refractivity contribution in [2.75, 3.05) is 5.75 Å². The van der Waals surface area contributed by atoms with Crippen LogP contribution in [0.4, 0.5) is 0 Å². The Balaban J connectivity index is 1.43. The maximum atomic E-state index is 12.3. The molecular formula is C23H23NO5S. The Morgan fingerprint density at radius 1 is 0.933 bits per heavy atom. The van der Waals surface area contributed by atoms with Crippen LogP contribution in [-0.4, -0.2) is 25.1 Å². The van der Waals surface area contributed by atoms with E-state index in [4.69, 9.17) is 9.47 Å². The lowest BCUT2D eigenvalue weighted by Crippen LogP contribution is -2.13. The highest BCUT2D eigenvalue weighted by Gasteiger charge is 2.17. The molecule has 0 unspecified atom stereocenters. The van der Waals surface area contributed by atoms with E-state index in [-0.39, 0.29) is 23.7 Å². The van der Waals surface area contributed by atoms with Gasteiger partial charge in [-0.25, -0.2) is 8.42 Å². The number of carbonyl (C=O) groups is 1. The predicted octanol–water partition coefficient (Wildman–Crippen LogP) is 3.88.